The minimum absolute atomic E-state index is 0.710. The molecule has 0 radical (unpaired) electrons. The summed E-state index contributed by atoms with van der Waals surface area (Å²) in [5.41, 5.74) is 4.57. The number of hydrogen-bond donors (Lipinski definition) is 3. The van der Waals surface area contributed by atoms with E-state index in [0.29, 0.717) is 16.7 Å². The van der Waals surface area contributed by atoms with E-state index < -0.39 is 18.3 Å². The van der Waals surface area contributed by atoms with Gasteiger partial charge in [-0.2, -0.15) is 0 Å². The molecule has 3 aromatic rings. The molecule has 0 aliphatic rings. The number of aliphatic hydroxyl groups excluding tert-OH is 3. The second-order valence-electron chi connectivity index (χ2n) is 7.16. The lowest BCUT2D eigenvalue weighted by Gasteiger charge is -2.27. The average molecular weight is 414 g/mol. The molecule has 4 nitrogen and oxygen atoms in total. The minimum Gasteiger partial charge on any atom is -0.384 e. The van der Waals surface area contributed by atoms with Crippen molar-refractivity contribution in [3.05, 3.63) is 127 Å². The first-order chi connectivity index (χ1) is 15.0. The summed E-state index contributed by atoms with van der Waals surface area (Å²) in [6.07, 6.45) is 2.07. The van der Waals surface area contributed by atoms with Crippen LogP contribution in [0.15, 0.2) is 111 Å². The largest absolute Gasteiger partial charge is 0.384 e. The molecular formula is C27H27NO3. The third-order valence-corrected chi connectivity index (χ3v) is 5.08. The van der Waals surface area contributed by atoms with Crippen LogP contribution >= 0.6 is 0 Å². The van der Waals surface area contributed by atoms with Crippen LogP contribution in [-0.4, -0.2) is 15.3 Å². The highest BCUT2D eigenvalue weighted by Crippen LogP contribution is 2.37. The maximum absolute atomic E-state index is 10.2. The van der Waals surface area contributed by atoms with Crippen LogP contribution < -0.4 is 4.90 Å². The number of nitrogens with zero attached hydrogens (tertiary/aromatic N) is 1. The van der Waals surface area contributed by atoms with Crippen molar-refractivity contribution in [3.8, 4) is 0 Å². The van der Waals surface area contributed by atoms with E-state index in [0.717, 1.165) is 17.1 Å². The van der Waals surface area contributed by atoms with Crippen LogP contribution in [0.1, 0.15) is 35.0 Å². The predicted molar refractivity (Wildman–Crippen MR) is 127 cm³/mol. The lowest BCUT2D eigenvalue weighted by atomic mass is 10.0. The second-order valence-corrected chi connectivity index (χ2v) is 7.16. The summed E-state index contributed by atoms with van der Waals surface area (Å²) >= 11 is 0. The Labute approximate surface area is 183 Å². The van der Waals surface area contributed by atoms with Crippen molar-refractivity contribution in [2.45, 2.75) is 18.3 Å². The van der Waals surface area contributed by atoms with E-state index in [1.54, 1.807) is 0 Å². The van der Waals surface area contributed by atoms with Crippen molar-refractivity contribution in [2.75, 3.05) is 4.90 Å². The zero-order valence-electron chi connectivity index (χ0n) is 17.3. The van der Waals surface area contributed by atoms with E-state index in [2.05, 4.69) is 19.7 Å². The number of rotatable bonds is 9. The first kappa shape index (κ1) is 22.2. The van der Waals surface area contributed by atoms with E-state index >= 15 is 0 Å². The predicted octanol–water partition coefficient (Wildman–Crippen LogP) is 5.81. The molecule has 3 aromatic carbocycles. The third kappa shape index (κ3) is 5.01. The topological polar surface area (TPSA) is 63.9 Å². The van der Waals surface area contributed by atoms with Crippen LogP contribution in [0.3, 0.4) is 0 Å². The molecule has 0 saturated carbocycles. The molecule has 0 aliphatic carbocycles. The Morgan fingerprint density at radius 2 is 0.839 bits per heavy atom. The Kier molecular flexibility index (Phi) is 7.21. The first-order valence-electron chi connectivity index (χ1n) is 10.0. The summed E-state index contributed by atoms with van der Waals surface area (Å²) in [6, 6.07) is 22.6. The number of anilines is 3. The highest BCUT2D eigenvalue weighted by molar-refractivity contribution is 5.77. The molecule has 158 valence electrons. The highest BCUT2D eigenvalue weighted by Gasteiger charge is 2.17. The average Bonchev–Trinajstić information content (AvgIpc) is 2.83. The van der Waals surface area contributed by atoms with Gasteiger partial charge in [-0.3, -0.25) is 0 Å². The van der Waals surface area contributed by atoms with Crippen molar-refractivity contribution < 1.29 is 15.3 Å². The van der Waals surface area contributed by atoms with Gasteiger partial charge >= 0.3 is 0 Å². The van der Waals surface area contributed by atoms with E-state index in [1.165, 1.54) is 18.2 Å². The number of aliphatic hydroxyl groups is 3. The van der Waals surface area contributed by atoms with Gasteiger partial charge in [0.1, 0.15) is 0 Å². The summed E-state index contributed by atoms with van der Waals surface area (Å²) in [5.74, 6) is 0. The van der Waals surface area contributed by atoms with Gasteiger partial charge in [-0.25, -0.2) is 0 Å². The van der Waals surface area contributed by atoms with Gasteiger partial charge in [0.05, 0.1) is 18.3 Å². The van der Waals surface area contributed by atoms with Crippen LogP contribution in [-0.2, 0) is 0 Å². The normalized spacial score (nSPS) is 13.6. The van der Waals surface area contributed by atoms with E-state index in [4.69, 9.17) is 0 Å². The van der Waals surface area contributed by atoms with Gasteiger partial charge < -0.3 is 20.2 Å². The molecule has 0 aromatic heterocycles. The van der Waals surface area contributed by atoms with Gasteiger partial charge in [0, 0.05) is 17.1 Å². The van der Waals surface area contributed by atoms with Crippen LogP contribution in [0.5, 0.6) is 0 Å². The summed E-state index contributed by atoms with van der Waals surface area (Å²) < 4.78 is 0. The monoisotopic (exact) mass is 413 g/mol. The SMILES string of the molecule is C=CC(O)c1cccc(N(c2cccc(C(O)C=C)c2)c2cccc(C(O)C=C)c2)c1. The second kappa shape index (κ2) is 10.0. The van der Waals surface area contributed by atoms with Gasteiger partial charge in [-0.05, 0) is 53.1 Å². The van der Waals surface area contributed by atoms with Crippen molar-refractivity contribution in [2.24, 2.45) is 0 Å². The van der Waals surface area contributed by atoms with Crippen molar-refractivity contribution in [3.63, 3.8) is 0 Å². The molecule has 3 N–H and O–H groups in total. The number of hydrogen-bond acceptors (Lipinski definition) is 4. The quantitative estimate of drug-likeness (QED) is 0.387. The van der Waals surface area contributed by atoms with Crippen molar-refractivity contribution in [1.29, 1.82) is 0 Å². The molecular weight excluding hydrogens is 386 g/mol. The molecule has 3 atom stereocenters. The van der Waals surface area contributed by atoms with Crippen molar-refractivity contribution in [1.82, 2.24) is 0 Å². The molecule has 0 saturated heterocycles. The standard InChI is InChI=1S/C27H27NO3/c1-4-25(29)19-10-7-13-22(16-19)28(23-14-8-11-20(17-23)26(30)5-2)24-15-9-12-21(18-24)27(31)6-3/h4-18,25-27,29-31H,1-3H2. The fourth-order valence-corrected chi connectivity index (χ4v) is 3.40. The minimum atomic E-state index is -0.787. The van der Waals surface area contributed by atoms with Crippen LogP contribution in [0, 0.1) is 0 Å². The molecule has 0 aliphatic heterocycles. The summed E-state index contributed by atoms with van der Waals surface area (Å²) in [5, 5.41) is 30.7. The summed E-state index contributed by atoms with van der Waals surface area (Å²) in [6.45, 7) is 11.0. The van der Waals surface area contributed by atoms with Crippen LogP contribution in [0.4, 0.5) is 17.1 Å². The van der Waals surface area contributed by atoms with Crippen LogP contribution in [0.2, 0.25) is 0 Å². The highest BCUT2D eigenvalue weighted by atomic mass is 16.3. The zero-order chi connectivity index (χ0) is 22.4. The van der Waals surface area contributed by atoms with Gasteiger partial charge in [-0.15, -0.1) is 19.7 Å². The Morgan fingerprint density at radius 3 is 1.10 bits per heavy atom. The number of benzene rings is 3. The molecule has 0 heterocycles. The Bertz CT molecular complexity index is 939. The molecule has 0 amide bonds. The van der Waals surface area contributed by atoms with Gasteiger partial charge in [0.15, 0.2) is 0 Å². The van der Waals surface area contributed by atoms with Gasteiger partial charge in [-0.1, -0.05) is 54.6 Å². The van der Waals surface area contributed by atoms with E-state index in [-0.39, 0.29) is 0 Å². The molecule has 4 heteroatoms. The summed E-state index contributed by atoms with van der Waals surface area (Å²) in [7, 11) is 0. The molecule has 0 fully saturated rings. The Hall–Kier alpha value is -3.44. The zero-order valence-corrected chi connectivity index (χ0v) is 17.3. The first-order valence-corrected chi connectivity index (χ1v) is 10.0. The molecule has 0 bridgehead atoms. The van der Waals surface area contributed by atoms with Crippen LogP contribution in [0.25, 0.3) is 0 Å². The van der Waals surface area contributed by atoms with Crippen molar-refractivity contribution >= 4 is 17.1 Å². The molecule has 3 rings (SSSR count). The molecule has 3 unspecified atom stereocenters. The summed E-state index contributed by atoms with van der Waals surface area (Å²) in [4.78, 5) is 2.00. The smallest absolute Gasteiger partial charge is 0.0969 e. The van der Waals surface area contributed by atoms with Gasteiger partial charge in [0.25, 0.3) is 0 Å². The van der Waals surface area contributed by atoms with E-state index in [1.807, 2.05) is 77.7 Å². The fourth-order valence-electron chi connectivity index (χ4n) is 3.40. The maximum atomic E-state index is 10.2. The lowest BCUT2D eigenvalue weighted by Crippen LogP contribution is -2.12. The lowest BCUT2D eigenvalue weighted by molar-refractivity contribution is 0.229. The molecule has 0 spiro atoms. The maximum Gasteiger partial charge on any atom is 0.0969 e. The Balaban J connectivity index is 2.19. The fraction of sp³-hybridized carbons (Fsp3) is 0.111. The van der Waals surface area contributed by atoms with Gasteiger partial charge in [0.2, 0.25) is 0 Å². The van der Waals surface area contributed by atoms with E-state index in [9.17, 15) is 15.3 Å². The Morgan fingerprint density at radius 1 is 0.548 bits per heavy atom. The third-order valence-electron chi connectivity index (χ3n) is 5.08. The molecule has 31 heavy (non-hydrogen) atoms.